The van der Waals surface area contributed by atoms with E-state index < -0.39 is 5.92 Å². The van der Waals surface area contributed by atoms with Crippen molar-refractivity contribution in [3.8, 4) is 0 Å². The molecule has 2 aromatic carbocycles. The van der Waals surface area contributed by atoms with Gasteiger partial charge in [0, 0.05) is 18.7 Å². The zero-order chi connectivity index (χ0) is 24.9. The van der Waals surface area contributed by atoms with Gasteiger partial charge in [0.2, 0.25) is 17.7 Å². The number of carbonyl (C=O) groups is 4. The van der Waals surface area contributed by atoms with E-state index >= 15 is 0 Å². The topological polar surface area (TPSA) is 98.8 Å². The van der Waals surface area contributed by atoms with Gasteiger partial charge in [0.05, 0.1) is 24.1 Å². The first-order valence-electron chi connectivity index (χ1n) is 11.6. The average Bonchev–Trinajstić information content (AvgIpc) is 2.88. The van der Waals surface area contributed by atoms with Gasteiger partial charge in [-0.2, -0.15) is 0 Å². The number of hydrogen-bond donors (Lipinski definition) is 2. The van der Waals surface area contributed by atoms with Crippen LogP contribution in [-0.2, 0) is 20.9 Å². The van der Waals surface area contributed by atoms with Gasteiger partial charge < -0.3 is 10.2 Å². The Morgan fingerprint density at radius 2 is 1.80 bits per heavy atom. The van der Waals surface area contributed by atoms with E-state index in [9.17, 15) is 23.6 Å². The van der Waals surface area contributed by atoms with Crippen molar-refractivity contribution >= 4 is 29.3 Å². The molecule has 1 aliphatic carbocycles. The van der Waals surface area contributed by atoms with E-state index in [1.807, 2.05) is 12.2 Å². The minimum absolute atomic E-state index is 0.157. The maximum absolute atomic E-state index is 13.1. The van der Waals surface area contributed by atoms with E-state index in [0.717, 1.165) is 5.56 Å². The Kier molecular flexibility index (Phi) is 7.24. The van der Waals surface area contributed by atoms with E-state index in [1.165, 1.54) is 22.0 Å². The third-order valence-corrected chi connectivity index (χ3v) is 6.29. The lowest BCUT2D eigenvalue weighted by Gasteiger charge is -2.38. The molecule has 0 saturated carbocycles. The van der Waals surface area contributed by atoms with Crippen LogP contribution in [0.1, 0.15) is 35.7 Å². The van der Waals surface area contributed by atoms with E-state index in [0.29, 0.717) is 30.6 Å². The number of allylic oxidation sites excluding steroid dienone is 2. The molecular formula is C26H27FN4O4. The number of amides is 4. The number of hydrogen-bond acceptors (Lipinski definition) is 4. The van der Waals surface area contributed by atoms with Crippen molar-refractivity contribution in [3.63, 3.8) is 0 Å². The number of likely N-dealkylation sites (N-methyl/N-ethyl adjacent to an activating group) is 1. The number of hydrazine groups is 1. The fourth-order valence-corrected chi connectivity index (χ4v) is 4.30. The molecule has 4 amide bonds. The van der Waals surface area contributed by atoms with Gasteiger partial charge in [-0.1, -0.05) is 30.4 Å². The zero-order valence-electron chi connectivity index (χ0n) is 19.4. The molecule has 8 nitrogen and oxygen atoms in total. The highest BCUT2D eigenvalue weighted by molar-refractivity contribution is 6.05. The molecule has 2 atom stereocenters. The highest BCUT2D eigenvalue weighted by atomic mass is 19.1. The summed E-state index contributed by atoms with van der Waals surface area (Å²) in [6.45, 7) is 2.12. The van der Waals surface area contributed by atoms with Crippen LogP contribution in [0.3, 0.4) is 0 Å². The number of carbonyl (C=O) groups excluding carboxylic acids is 4. The summed E-state index contributed by atoms with van der Waals surface area (Å²) in [4.78, 5) is 52.5. The molecule has 0 bridgehead atoms. The van der Waals surface area contributed by atoms with Gasteiger partial charge in [0.15, 0.2) is 0 Å². The van der Waals surface area contributed by atoms with Gasteiger partial charge in [-0.05, 0) is 55.7 Å². The average molecular weight is 479 g/mol. The van der Waals surface area contributed by atoms with Crippen molar-refractivity contribution in [2.24, 2.45) is 11.8 Å². The Morgan fingerprint density at radius 1 is 1.09 bits per heavy atom. The van der Waals surface area contributed by atoms with Crippen molar-refractivity contribution in [1.82, 2.24) is 15.6 Å². The van der Waals surface area contributed by atoms with Crippen LogP contribution in [0.15, 0.2) is 60.7 Å². The molecule has 0 spiro atoms. The van der Waals surface area contributed by atoms with Gasteiger partial charge in [0.1, 0.15) is 5.82 Å². The minimum Gasteiger partial charge on any atom is -0.350 e. The number of benzene rings is 2. The lowest BCUT2D eigenvalue weighted by Crippen LogP contribution is -2.59. The van der Waals surface area contributed by atoms with E-state index in [-0.39, 0.29) is 48.5 Å². The summed E-state index contributed by atoms with van der Waals surface area (Å²) < 4.78 is 13.0. The Balaban J connectivity index is 1.42. The third-order valence-electron chi connectivity index (χ3n) is 6.29. The lowest BCUT2D eigenvalue weighted by molar-refractivity contribution is -0.140. The Morgan fingerprint density at radius 3 is 2.51 bits per heavy atom. The van der Waals surface area contributed by atoms with Crippen molar-refractivity contribution in [2.75, 3.05) is 18.1 Å². The SMILES string of the molecule is CCN(CC(=O)NCc1ccc(F)cc1)C(=O)c1cccc(N2NC(=O)C3CC=CCC3C2=O)c1. The quantitative estimate of drug-likeness (QED) is 0.598. The molecule has 2 aliphatic rings. The fraction of sp³-hybridized carbons (Fsp3) is 0.308. The molecule has 1 aliphatic heterocycles. The van der Waals surface area contributed by atoms with Crippen LogP contribution in [0.5, 0.6) is 0 Å². The molecule has 1 saturated heterocycles. The third kappa shape index (κ3) is 5.40. The maximum atomic E-state index is 13.1. The van der Waals surface area contributed by atoms with Gasteiger partial charge in [-0.15, -0.1) is 0 Å². The molecule has 9 heteroatoms. The highest BCUT2D eigenvalue weighted by Crippen LogP contribution is 2.32. The van der Waals surface area contributed by atoms with Crippen molar-refractivity contribution in [3.05, 3.63) is 77.6 Å². The molecule has 1 fully saturated rings. The van der Waals surface area contributed by atoms with E-state index in [2.05, 4.69) is 10.7 Å². The highest BCUT2D eigenvalue weighted by Gasteiger charge is 2.42. The number of nitrogens with zero attached hydrogens (tertiary/aromatic N) is 2. The molecule has 1 heterocycles. The van der Waals surface area contributed by atoms with Crippen LogP contribution < -0.4 is 15.8 Å². The molecule has 2 N–H and O–H groups in total. The maximum Gasteiger partial charge on any atom is 0.254 e. The monoisotopic (exact) mass is 478 g/mol. The number of fused-ring (bicyclic) bond motifs is 1. The molecule has 182 valence electrons. The number of anilines is 1. The Labute approximate surface area is 202 Å². The standard InChI is InChI=1S/C26H27FN4O4/c1-2-30(16-23(32)28-15-17-10-12-19(27)13-11-17)25(34)18-6-5-7-20(14-18)31-26(35)22-9-4-3-8-21(22)24(33)29-31/h3-7,10-14,21-22H,2,8-9,15-16H2,1H3,(H,28,32)(H,29,33). The first kappa shape index (κ1) is 24.1. The molecular weight excluding hydrogens is 451 g/mol. The summed E-state index contributed by atoms with van der Waals surface area (Å²) in [6.07, 6.45) is 4.86. The first-order valence-corrected chi connectivity index (χ1v) is 11.6. The van der Waals surface area contributed by atoms with Gasteiger partial charge in [0.25, 0.3) is 5.91 Å². The number of halogens is 1. The summed E-state index contributed by atoms with van der Waals surface area (Å²) in [6, 6.07) is 12.2. The summed E-state index contributed by atoms with van der Waals surface area (Å²) >= 11 is 0. The second-order valence-electron chi connectivity index (χ2n) is 8.58. The largest absolute Gasteiger partial charge is 0.350 e. The van der Waals surface area contributed by atoms with Crippen LogP contribution in [0.25, 0.3) is 0 Å². The summed E-state index contributed by atoms with van der Waals surface area (Å²) in [5.41, 5.74) is 4.08. The van der Waals surface area contributed by atoms with Crippen molar-refractivity contribution in [1.29, 1.82) is 0 Å². The Bertz CT molecular complexity index is 1160. The van der Waals surface area contributed by atoms with Gasteiger partial charge >= 0.3 is 0 Å². The second-order valence-corrected chi connectivity index (χ2v) is 8.58. The normalized spacial score (nSPS) is 19.1. The van der Waals surface area contributed by atoms with E-state index in [1.54, 1.807) is 43.3 Å². The number of rotatable bonds is 7. The van der Waals surface area contributed by atoms with Crippen LogP contribution in [0, 0.1) is 17.7 Å². The molecule has 4 rings (SSSR count). The predicted molar refractivity (Wildman–Crippen MR) is 127 cm³/mol. The van der Waals surface area contributed by atoms with Crippen LogP contribution in [0.4, 0.5) is 10.1 Å². The van der Waals surface area contributed by atoms with Crippen LogP contribution in [-0.4, -0.2) is 41.6 Å². The summed E-state index contributed by atoms with van der Waals surface area (Å²) in [5, 5.41) is 3.94. The zero-order valence-corrected chi connectivity index (χ0v) is 19.4. The summed E-state index contributed by atoms with van der Waals surface area (Å²) in [7, 11) is 0. The van der Waals surface area contributed by atoms with Gasteiger partial charge in [-0.25, -0.2) is 9.40 Å². The fourth-order valence-electron chi connectivity index (χ4n) is 4.30. The molecule has 2 unspecified atom stereocenters. The lowest BCUT2D eigenvalue weighted by atomic mass is 9.80. The van der Waals surface area contributed by atoms with Crippen molar-refractivity contribution in [2.45, 2.75) is 26.3 Å². The van der Waals surface area contributed by atoms with Crippen molar-refractivity contribution < 1.29 is 23.6 Å². The van der Waals surface area contributed by atoms with Gasteiger partial charge in [-0.3, -0.25) is 24.6 Å². The second kappa shape index (κ2) is 10.5. The molecule has 35 heavy (non-hydrogen) atoms. The predicted octanol–water partition coefficient (Wildman–Crippen LogP) is 2.56. The molecule has 0 radical (unpaired) electrons. The van der Waals surface area contributed by atoms with Crippen LogP contribution >= 0.6 is 0 Å². The smallest absolute Gasteiger partial charge is 0.254 e. The Hall–Kier alpha value is -4.01. The first-order chi connectivity index (χ1) is 16.9. The molecule has 2 aromatic rings. The minimum atomic E-state index is -0.426. The molecule has 0 aromatic heterocycles. The van der Waals surface area contributed by atoms with E-state index in [4.69, 9.17) is 0 Å². The van der Waals surface area contributed by atoms with Crippen LogP contribution in [0.2, 0.25) is 0 Å². The number of nitrogens with one attached hydrogen (secondary N) is 2. The summed E-state index contributed by atoms with van der Waals surface area (Å²) in [5.74, 6) is -2.32.